The second-order valence-corrected chi connectivity index (χ2v) is 7.37. The van der Waals surface area contributed by atoms with Crippen molar-refractivity contribution in [2.45, 2.75) is 26.1 Å². The SMILES string of the molecule is FC(F)Oc1ccc(C=Cc2ccnc(OCc3ccccc3)c2)cc1OCC1CC1. The first-order valence-electron chi connectivity index (χ1n) is 10.2. The first-order valence-corrected chi connectivity index (χ1v) is 10.2. The number of rotatable bonds is 10. The molecule has 1 aliphatic carbocycles. The van der Waals surface area contributed by atoms with Gasteiger partial charge >= 0.3 is 6.61 Å². The van der Waals surface area contributed by atoms with E-state index in [2.05, 4.69) is 9.72 Å². The maximum Gasteiger partial charge on any atom is 0.387 e. The summed E-state index contributed by atoms with van der Waals surface area (Å²) in [5.74, 6) is 1.41. The minimum Gasteiger partial charge on any atom is -0.489 e. The van der Waals surface area contributed by atoms with Gasteiger partial charge in [-0.1, -0.05) is 48.6 Å². The molecule has 0 unspecified atom stereocenters. The largest absolute Gasteiger partial charge is 0.489 e. The van der Waals surface area contributed by atoms with E-state index in [4.69, 9.17) is 9.47 Å². The van der Waals surface area contributed by atoms with E-state index in [1.54, 1.807) is 18.3 Å². The molecule has 1 heterocycles. The van der Waals surface area contributed by atoms with Crippen LogP contribution in [0.2, 0.25) is 0 Å². The fraction of sp³-hybridized carbons (Fsp3) is 0.240. The predicted molar refractivity (Wildman–Crippen MR) is 115 cm³/mol. The minimum absolute atomic E-state index is 0.0494. The highest BCUT2D eigenvalue weighted by Crippen LogP contribution is 2.34. The molecular formula is C25H23F2NO3. The van der Waals surface area contributed by atoms with Crippen LogP contribution >= 0.6 is 0 Å². The van der Waals surface area contributed by atoms with Crippen molar-refractivity contribution in [3.8, 4) is 17.4 Å². The van der Waals surface area contributed by atoms with E-state index in [9.17, 15) is 8.78 Å². The molecule has 4 rings (SSSR count). The van der Waals surface area contributed by atoms with Crippen LogP contribution in [0.3, 0.4) is 0 Å². The molecule has 1 saturated carbocycles. The third-order valence-corrected chi connectivity index (χ3v) is 4.81. The summed E-state index contributed by atoms with van der Waals surface area (Å²) in [4.78, 5) is 4.25. The van der Waals surface area contributed by atoms with Crippen molar-refractivity contribution in [2.24, 2.45) is 5.92 Å². The number of halogens is 2. The van der Waals surface area contributed by atoms with Gasteiger partial charge in [0.05, 0.1) is 6.61 Å². The van der Waals surface area contributed by atoms with Gasteiger partial charge in [-0.05, 0) is 53.6 Å². The summed E-state index contributed by atoms with van der Waals surface area (Å²) in [6.07, 6.45) is 7.70. The van der Waals surface area contributed by atoms with E-state index < -0.39 is 6.61 Å². The van der Waals surface area contributed by atoms with Gasteiger partial charge in [-0.3, -0.25) is 0 Å². The van der Waals surface area contributed by atoms with Crippen LogP contribution in [0.4, 0.5) is 8.78 Å². The van der Waals surface area contributed by atoms with Gasteiger partial charge in [0, 0.05) is 12.3 Å². The van der Waals surface area contributed by atoms with Gasteiger partial charge in [0.1, 0.15) is 6.61 Å². The molecule has 2 aromatic carbocycles. The fourth-order valence-electron chi connectivity index (χ4n) is 2.96. The number of hydrogen-bond acceptors (Lipinski definition) is 4. The van der Waals surface area contributed by atoms with Crippen molar-refractivity contribution in [1.29, 1.82) is 0 Å². The summed E-state index contributed by atoms with van der Waals surface area (Å²) >= 11 is 0. The molecule has 1 aromatic heterocycles. The molecule has 0 spiro atoms. The number of nitrogens with zero attached hydrogens (tertiary/aromatic N) is 1. The summed E-state index contributed by atoms with van der Waals surface area (Å²) in [6, 6.07) is 18.5. The zero-order valence-corrected chi connectivity index (χ0v) is 16.9. The zero-order chi connectivity index (χ0) is 21.5. The highest BCUT2D eigenvalue weighted by atomic mass is 19.3. The van der Waals surface area contributed by atoms with E-state index in [1.165, 1.54) is 6.07 Å². The van der Waals surface area contributed by atoms with Crippen LogP contribution in [0.5, 0.6) is 17.4 Å². The van der Waals surface area contributed by atoms with E-state index >= 15 is 0 Å². The molecule has 6 heteroatoms. The smallest absolute Gasteiger partial charge is 0.387 e. The summed E-state index contributed by atoms with van der Waals surface area (Å²) in [5, 5.41) is 0. The van der Waals surface area contributed by atoms with Crippen LogP contribution in [0, 0.1) is 5.92 Å². The number of hydrogen-bond donors (Lipinski definition) is 0. The van der Waals surface area contributed by atoms with Crippen LogP contribution in [-0.2, 0) is 6.61 Å². The Bertz CT molecular complexity index is 1020. The summed E-state index contributed by atoms with van der Waals surface area (Å²) in [7, 11) is 0. The predicted octanol–water partition coefficient (Wildman–Crippen LogP) is 6.22. The van der Waals surface area contributed by atoms with Crippen LogP contribution in [0.1, 0.15) is 29.5 Å². The lowest BCUT2D eigenvalue weighted by atomic mass is 10.1. The molecule has 0 radical (unpaired) electrons. The Morgan fingerprint density at radius 1 is 0.903 bits per heavy atom. The van der Waals surface area contributed by atoms with E-state index in [0.717, 1.165) is 29.5 Å². The van der Waals surface area contributed by atoms with Crippen LogP contribution < -0.4 is 14.2 Å². The molecule has 31 heavy (non-hydrogen) atoms. The summed E-state index contributed by atoms with van der Waals surface area (Å²) in [5.41, 5.74) is 2.79. The van der Waals surface area contributed by atoms with Gasteiger partial charge in [0.25, 0.3) is 0 Å². The van der Waals surface area contributed by atoms with Crippen molar-refractivity contribution in [2.75, 3.05) is 6.61 Å². The number of alkyl halides is 2. The summed E-state index contributed by atoms with van der Waals surface area (Å²) in [6.45, 7) is -1.94. The molecule has 1 aliphatic rings. The molecule has 0 atom stereocenters. The lowest BCUT2D eigenvalue weighted by molar-refractivity contribution is -0.0515. The van der Waals surface area contributed by atoms with Crippen molar-refractivity contribution in [3.63, 3.8) is 0 Å². The average Bonchev–Trinajstić information content (AvgIpc) is 3.61. The highest BCUT2D eigenvalue weighted by Gasteiger charge is 2.23. The molecule has 0 N–H and O–H groups in total. The molecule has 0 bridgehead atoms. The van der Waals surface area contributed by atoms with Gasteiger partial charge in [0.2, 0.25) is 5.88 Å². The lowest BCUT2D eigenvalue weighted by Crippen LogP contribution is -2.06. The second-order valence-electron chi connectivity index (χ2n) is 7.37. The van der Waals surface area contributed by atoms with E-state index in [1.807, 2.05) is 54.6 Å². The van der Waals surface area contributed by atoms with Gasteiger partial charge in [-0.2, -0.15) is 8.78 Å². The summed E-state index contributed by atoms with van der Waals surface area (Å²) < 4.78 is 41.4. The highest BCUT2D eigenvalue weighted by molar-refractivity contribution is 5.71. The molecule has 1 fully saturated rings. The molecule has 0 amide bonds. The van der Waals surface area contributed by atoms with Crippen molar-refractivity contribution in [1.82, 2.24) is 4.98 Å². The normalized spacial score (nSPS) is 13.5. The van der Waals surface area contributed by atoms with Crippen molar-refractivity contribution >= 4 is 12.2 Å². The molecular weight excluding hydrogens is 400 g/mol. The van der Waals surface area contributed by atoms with Crippen LogP contribution in [-0.4, -0.2) is 18.2 Å². The second kappa shape index (κ2) is 10.1. The zero-order valence-electron chi connectivity index (χ0n) is 16.9. The van der Waals surface area contributed by atoms with Gasteiger partial charge in [-0.15, -0.1) is 0 Å². The topological polar surface area (TPSA) is 40.6 Å². The Hall–Kier alpha value is -3.41. The molecule has 160 valence electrons. The van der Waals surface area contributed by atoms with Crippen molar-refractivity contribution in [3.05, 3.63) is 83.6 Å². The lowest BCUT2D eigenvalue weighted by Gasteiger charge is -2.12. The number of pyridine rings is 1. The third kappa shape index (κ3) is 6.54. The third-order valence-electron chi connectivity index (χ3n) is 4.81. The van der Waals surface area contributed by atoms with Gasteiger partial charge in [-0.25, -0.2) is 4.98 Å². The molecule has 4 nitrogen and oxygen atoms in total. The maximum absolute atomic E-state index is 12.7. The first-order chi connectivity index (χ1) is 15.2. The number of ether oxygens (including phenoxy) is 3. The fourth-order valence-corrected chi connectivity index (χ4v) is 2.96. The van der Waals surface area contributed by atoms with E-state index in [-0.39, 0.29) is 5.75 Å². The monoisotopic (exact) mass is 423 g/mol. The Morgan fingerprint density at radius 2 is 1.68 bits per heavy atom. The quantitative estimate of drug-likeness (QED) is 0.388. The number of benzene rings is 2. The Labute approximate surface area is 180 Å². The Kier molecular flexibility index (Phi) is 6.77. The number of aromatic nitrogens is 1. The van der Waals surface area contributed by atoms with E-state index in [0.29, 0.717) is 30.8 Å². The average molecular weight is 423 g/mol. The van der Waals surface area contributed by atoms with Gasteiger partial charge in [0.15, 0.2) is 11.5 Å². The van der Waals surface area contributed by atoms with Gasteiger partial charge < -0.3 is 14.2 Å². The molecule has 0 saturated heterocycles. The van der Waals surface area contributed by atoms with Crippen LogP contribution in [0.15, 0.2) is 66.9 Å². The molecule has 3 aromatic rings. The Balaban J connectivity index is 1.43. The standard InChI is InChI=1S/C25H23F2NO3/c26-25(27)31-22-11-10-18(14-23(22)29-16-21-8-9-21)6-7-19-12-13-28-24(15-19)30-17-20-4-2-1-3-5-20/h1-7,10-15,21,25H,8-9,16-17H2. The maximum atomic E-state index is 12.7. The first kappa shape index (κ1) is 20.8. The minimum atomic E-state index is -2.89. The Morgan fingerprint density at radius 3 is 2.42 bits per heavy atom. The van der Waals surface area contributed by atoms with Crippen molar-refractivity contribution < 1.29 is 23.0 Å². The van der Waals surface area contributed by atoms with Crippen LogP contribution in [0.25, 0.3) is 12.2 Å². The molecule has 0 aliphatic heterocycles.